The number of aromatic nitrogens is 1. The third kappa shape index (κ3) is 3.30. The van der Waals surface area contributed by atoms with Crippen LogP contribution in [0.2, 0.25) is 0 Å². The lowest BCUT2D eigenvalue weighted by Crippen LogP contribution is -2.18. The van der Waals surface area contributed by atoms with Crippen molar-refractivity contribution in [2.75, 3.05) is 7.11 Å². The molecule has 1 heterocycles. The van der Waals surface area contributed by atoms with E-state index in [9.17, 15) is 31.9 Å². The average Bonchev–Trinajstić information content (AvgIpc) is 2.26. The summed E-state index contributed by atoms with van der Waals surface area (Å²) in [6.45, 7) is 0. The molecule has 1 N–H and O–H groups in total. The zero-order chi connectivity index (χ0) is 14.8. The molecule has 0 aliphatic carbocycles. The van der Waals surface area contributed by atoms with Crippen molar-refractivity contribution < 1.29 is 36.6 Å². The van der Waals surface area contributed by atoms with Gasteiger partial charge in [-0.15, -0.1) is 0 Å². The van der Waals surface area contributed by atoms with E-state index in [4.69, 9.17) is 0 Å². The van der Waals surface area contributed by atoms with E-state index in [1.165, 1.54) is 0 Å². The number of alkyl halides is 5. The van der Waals surface area contributed by atoms with Crippen LogP contribution in [0.25, 0.3) is 0 Å². The summed E-state index contributed by atoms with van der Waals surface area (Å²) in [6, 6.07) is 0. The number of hydrogen-bond donors (Lipinski definition) is 1. The van der Waals surface area contributed by atoms with Crippen LogP contribution >= 0.6 is 0 Å². The van der Waals surface area contributed by atoms with Gasteiger partial charge in [-0.05, 0) is 0 Å². The molecule has 106 valence electrons. The number of hydrogen-bond acceptors (Lipinski definition) is 4. The van der Waals surface area contributed by atoms with Gasteiger partial charge in [-0.25, -0.2) is 13.8 Å². The Hall–Kier alpha value is -1.93. The third-order valence-corrected chi connectivity index (χ3v) is 2.24. The Labute approximate surface area is 103 Å². The van der Waals surface area contributed by atoms with Crippen LogP contribution in [0.15, 0.2) is 6.20 Å². The molecule has 0 fully saturated rings. The maximum Gasteiger partial charge on any atom is 0.433 e. The van der Waals surface area contributed by atoms with Crippen LogP contribution in [0.1, 0.15) is 23.2 Å². The SMILES string of the molecule is COC(=O)Cc1c(C(F)(F)F)ncc(O)c1C(F)F. The number of rotatable bonds is 3. The van der Waals surface area contributed by atoms with E-state index in [2.05, 4.69) is 9.72 Å². The van der Waals surface area contributed by atoms with Crippen LogP contribution in [0.4, 0.5) is 22.0 Å². The number of methoxy groups -OCH3 is 1. The Balaban J connectivity index is 3.49. The first kappa shape index (κ1) is 15.1. The predicted molar refractivity (Wildman–Crippen MR) is 51.6 cm³/mol. The van der Waals surface area contributed by atoms with Gasteiger partial charge in [0, 0.05) is 5.56 Å². The summed E-state index contributed by atoms with van der Waals surface area (Å²) in [7, 11) is 0.897. The number of aromatic hydroxyl groups is 1. The molecule has 1 rings (SSSR count). The molecule has 0 aliphatic heterocycles. The molecule has 0 bridgehead atoms. The highest BCUT2D eigenvalue weighted by atomic mass is 19.4. The molecule has 4 nitrogen and oxygen atoms in total. The highest BCUT2D eigenvalue weighted by Gasteiger charge is 2.39. The normalized spacial score (nSPS) is 11.7. The van der Waals surface area contributed by atoms with E-state index in [1.54, 1.807) is 0 Å². The zero-order valence-electron chi connectivity index (χ0n) is 9.46. The van der Waals surface area contributed by atoms with Crippen LogP contribution in [-0.4, -0.2) is 23.2 Å². The minimum atomic E-state index is -5.03. The zero-order valence-corrected chi connectivity index (χ0v) is 9.46. The fourth-order valence-corrected chi connectivity index (χ4v) is 1.44. The van der Waals surface area contributed by atoms with Gasteiger partial charge in [-0.2, -0.15) is 13.2 Å². The third-order valence-electron chi connectivity index (χ3n) is 2.24. The summed E-state index contributed by atoms with van der Waals surface area (Å²) in [5.74, 6) is -2.26. The lowest BCUT2D eigenvalue weighted by Gasteiger charge is -2.15. The van der Waals surface area contributed by atoms with Crippen molar-refractivity contribution in [1.82, 2.24) is 4.98 Å². The molecule has 1 aromatic rings. The lowest BCUT2D eigenvalue weighted by atomic mass is 10.0. The maximum absolute atomic E-state index is 12.7. The molecule has 0 unspecified atom stereocenters. The molecule has 0 amide bonds. The molecule has 0 aromatic carbocycles. The van der Waals surface area contributed by atoms with Crippen molar-refractivity contribution in [3.63, 3.8) is 0 Å². The first-order valence-corrected chi connectivity index (χ1v) is 4.81. The van der Waals surface area contributed by atoms with E-state index in [0.29, 0.717) is 0 Å². The van der Waals surface area contributed by atoms with Gasteiger partial charge in [-0.1, -0.05) is 0 Å². The Kier molecular flexibility index (Phi) is 4.28. The first-order chi connectivity index (χ1) is 8.68. The predicted octanol–water partition coefficient (Wildman–Crippen LogP) is 2.46. The summed E-state index contributed by atoms with van der Waals surface area (Å²) in [4.78, 5) is 13.9. The van der Waals surface area contributed by atoms with Gasteiger partial charge in [0.05, 0.1) is 25.3 Å². The number of esters is 1. The van der Waals surface area contributed by atoms with Gasteiger partial charge in [0.2, 0.25) is 0 Å². The van der Waals surface area contributed by atoms with Crippen molar-refractivity contribution in [3.05, 3.63) is 23.0 Å². The van der Waals surface area contributed by atoms with Gasteiger partial charge >= 0.3 is 12.1 Å². The van der Waals surface area contributed by atoms with Crippen molar-refractivity contribution >= 4 is 5.97 Å². The molecule has 0 aliphatic rings. The van der Waals surface area contributed by atoms with Gasteiger partial charge in [0.1, 0.15) is 11.4 Å². The standard InChI is InChI=1S/C10H8F5NO3/c1-19-6(18)2-4-7(9(11)12)5(17)3-16-8(4)10(13,14)15/h3,9,17H,2H2,1H3. The molecule has 0 radical (unpaired) electrons. The quantitative estimate of drug-likeness (QED) is 0.684. The molecule has 0 atom stereocenters. The molecule has 0 spiro atoms. The fourth-order valence-electron chi connectivity index (χ4n) is 1.44. The number of carbonyl (C=O) groups is 1. The Morgan fingerprint density at radius 1 is 1.47 bits per heavy atom. The molecule has 19 heavy (non-hydrogen) atoms. The van der Waals surface area contributed by atoms with Crippen molar-refractivity contribution in [2.24, 2.45) is 0 Å². The molecular weight excluding hydrogens is 277 g/mol. The highest BCUT2D eigenvalue weighted by molar-refractivity contribution is 5.73. The summed E-state index contributed by atoms with van der Waals surface area (Å²) >= 11 is 0. The van der Waals surface area contributed by atoms with E-state index < -0.39 is 47.6 Å². The number of nitrogens with zero attached hydrogens (tertiary/aromatic N) is 1. The van der Waals surface area contributed by atoms with Crippen LogP contribution in [-0.2, 0) is 22.1 Å². The Bertz CT molecular complexity index is 487. The largest absolute Gasteiger partial charge is 0.506 e. The number of carbonyl (C=O) groups excluding carboxylic acids is 1. The van der Waals surface area contributed by atoms with Crippen LogP contribution in [0.3, 0.4) is 0 Å². The Morgan fingerprint density at radius 2 is 2.05 bits per heavy atom. The van der Waals surface area contributed by atoms with E-state index >= 15 is 0 Å². The van der Waals surface area contributed by atoms with Crippen LogP contribution in [0.5, 0.6) is 5.75 Å². The van der Waals surface area contributed by atoms with Gasteiger partial charge in [0.25, 0.3) is 6.43 Å². The summed E-state index contributed by atoms with van der Waals surface area (Å²) in [5, 5.41) is 9.18. The first-order valence-electron chi connectivity index (χ1n) is 4.81. The molecular formula is C10H8F5NO3. The molecule has 9 heteroatoms. The second-order valence-electron chi connectivity index (χ2n) is 3.44. The minimum absolute atomic E-state index is 0.269. The second kappa shape index (κ2) is 5.37. The van der Waals surface area contributed by atoms with E-state index in [0.717, 1.165) is 7.11 Å². The van der Waals surface area contributed by atoms with Crippen LogP contribution in [0, 0.1) is 0 Å². The van der Waals surface area contributed by atoms with E-state index in [-0.39, 0.29) is 6.20 Å². The van der Waals surface area contributed by atoms with Gasteiger partial charge in [0.15, 0.2) is 0 Å². The van der Waals surface area contributed by atoms with Gasteiger partial charge < -0.3 is 9.84 Å². The summed E-state index contributed by atoms with van der Waals surface area (Å²) in [6.07, 6.45) is -9.21. The number of halogens is 5. The van der Waals surface area contributed by atoms with E-state index in [1.807, 2.05) is 0 Å². The lowest BCUT2D eigenvalue weighted by molar-refractivity contribution is -0.143. The average molecular weight is 285 g/mol. The minimum Gasteiger partial charge on any atom is -0.506 e. The Morgan fingerprint density at radius 3 is 2.47 bits per heavy atom. The summed E-state index contributed by atoms with van der Waals surface area (Å²) < 4.78 is 67.5. The molecule has 1 aromatic heterocycles. The van der Waals surface area contributed by atoms with Crippen molar-refractivity contribution in [2.45, 2.75) is 19.0 Å². The topological polar surface area (TPSA) is 59.4 Å². The molecule has 0 saturated heterocycles. The smallest absolute Gasteiger partial charge is 0.433 e. The number of pyridine rings is 1. The van der Waals surface area contributed by atoms with Crippen LogP contribution < -0.4 is 0 Å². The fraction of sp³-hybridized carbons (Fsp3) is 0.400. The van der Waals surface area contributed by atoms with Gasteiger partial charge in [-0.3, -0.25) is 4.79 Å². The van der Waals surface area contributed by atoms with Crippen molar-refractivity contribution in [1.29, 1.82) is 0 Å². The van der Waals surface area contributed by atoms with Crippen molar-refractivity contribution in [3.8, 4) is 5.75 Å². The monoisotopic (exact) mass is 285 g/mol. The second-order valence-corrected chi connectivity index (χ2v) is 3.44. The number of ether oxygens (including phenoxy) is 1. The molecule has 0 saturated carbocycles. The summed E-state index contributed by atoms with van der Waals surface area (Å²) in [5.41, 5.74) is -4.01. The highest BCUT2D eigenvalue weighted by Crippen LogP contribution is 2.38. The maximum atomic E-state index is 12.7.